The van der Waals surface area contributed by atoms with Crippen molar-refractivity contribution >= 4 is 36.3 Å². The number of amides is 1. The maximum atomic E-state index is 13.2. The molecule has 0 bridgehead atoms. The summed E-state index contributed by atoms with van der Waals surface area (Å²) in [5.41, 5.74) is 7.35. The van der Waals surface area contributed by atoms with Crippen LogP contribution >= 0.6 is 24.4 Å². The summed E-state index contributed by atoms with van der Waals surface area (Å²) in [7, 11) is 1.33. The molecule has 186 valence electrons. The van der Waals surface area contributed by atoms with Crippen LogP contribution in [-0.2, 0) is 9.53 Å². The Bertz CT molecular complexity index is 784. The second kappa shape index (κ2) is 15.3. The molecule has 0 aliphatic heterocycles. The monoisotopic (exact) mass is 496 g/mol. The highest BCUT2D eigenvalue weighted by Gasteiger charge is 2.24. The SMILES string of the molecule is COC(=O)C(CCSC)NC(=O)c1cc(OCC(/C=C/C(N)CS)C(C)C)ccc1C(C)C. The summed E-state index contributed by atoms with van der Waals surface area (Å²) >= 11 is 5.83. The first-order valence-electron chi connectivity index (χ1n) is 11.3. The van der Waals surface area contributed by atoms with Crippen molar-refractivity contribution in [3.05, 3.63) is 41.5 Å². The number of nitrogens with two attached hydrogens (primary N) is 1. The van der Waals surface area contributed by atoms with E-state index >= 15 is 0 Å². The van der Waals surface area contributed by atoms with Crippen LogP contribution in [0.5, 0.6) is 5.75 Å². The molecule has 1 amide bonds. The minimum atomic E-state index is -0.689. The molecule has 0 spiro atoms. The number of carbonyl (C=O) groups excluding carboxylic acids is 2. The molecule has 3 unspecified atom stereocenters. The van der Waals surface area contributed by atoms with Crippen molar-refractivity contribution in [3.63, 3.8) is 0 Å². The Kier molecular flexibility index (Phi) is 13.6. The van der Waals surface area contributed by atoms with E-state index in [0.717, 1.165) is 11.3 Å². The summed E-state index contributed by atoms with van der Waals surface area (Å²) in [5.74, 6) is 1.86. The number of hydrogen-bond donors (Lipinski definition) is 3. The van der Waals surface area contributed by atoms with Gasteiger partial charge in [0.25, 0.3) is 5.91 Å². The van der Waals surface area contributed by atoms with Gasteiger partial charge in [-0.2, -0.15) is 24.4 Å². The lowest BCUT2D eigenvalue weighted by Gasteiger charge is -2.21. The Balaban J connectivity index is 3.07. The zero-order valence-corrected chi connectivity index (χ0v) is 22.4. The minimum absolute atomic E-state index is 0.0935. The molecular formula is C25H40N2O4S2. The van der Waals surface area contributed by atoms with E-state index in [9.17, 15) is 9.59 Å². The number of methoxy groups -OCH3 is 1. The zero-order valence-electron chi connectivity index (χ0n) is 20.7. The third-order valence-electron chi connectivity index (χ3n) is 5.41. The summed E-state index contributed by atoms with van der Waals surface area (Å²) in [6, 6.07) is 4.78. The van der Waals surface area contributed by atoms with Gasteiger partial charge in [0.15, 0.2) is 0 Å². The smallest absolute Gasteiger partial charge is 0.328 e. The van der Waals surface area contributed by atoms with Crippen LogP contribution in [0, 0.1) is 11.8 Å². The normalized spacial score (nSPS) is 14.4. The summed E-state index contributed by atoms with van der Waals surface area (Å²) in [4.78, 5) is 25.3. The molecule has 0 radical (unpaired) electrons. The fraction of sp³-hybridized carbons (Fsp3) is 0.600. The first-order chi connectivity index (χ1) is 15.6. The highest BCUT2D eigenvalue weighted by Crippen LogP contribution is 2.26. The number of esters is 1. The van der Waals surface area contributed by atoms with Gasteiger partial charge in [-0.05, 0) is 48.0 Å². The Labute approximate surface area is 208 Å². The maximum Gasteiger partial charge on any atom is 0.328 e. The molecule has 1 rings (SSSR count). The van der Waals surface area contributed by atoms with E-state index in [1.807, 2.05) is 38.3 Å². The van der Waals surface area contributed by atoms with E-state index < -0.39 is 12.0 Å². The molecule has 6 nitrogen and oxygen atoms in total. The first kappa shape index (κ1) is 29.4. The van der Waals surface area contributed by atoms with Crippen molar-refractivity contribution in [2.45, 2.75) is 52.1 Å². The molecule has 3 atom stereocenters. The van der Waals surface area contributed by atoms with Crippen LogP contribution in [0.2, 0.25) is 0 Å². The molecule has 8 heteroatoms. The Morgan fingerprint density at radius 2 is 1.91 bits per heavy atom. The first-order valence-corrected chi connectivity index (χ1v) is 13.4. The van der Waals surface area contributed by atoms with E-state index in [0.29, 0.717) is 36.0 Å². The van der Waals surface area contributed by atoms with Gasteiger partial charge in [-0.25, -0.2) is 4.79 Å². The number of nitrogens with one attached hydrogen (secondary N) is 1. The fourth-order valence-electron chi connectivity index (χ4n) is 3.20. The highest BCUT2D eigenvalue weighted by atomic mass is 32.2. The minimum Gasteiger partial charge on any atom is -0.493 e. The standard InChI is InChI=1S/C25H40N2O4S2/c1-16(2)18(7-8-19(26)15-32)14-31-20-9-10-21(17(3)4)22(13-20)24(28)27-23(11-12-33-6)25(29)30-5/h7-10,13,16-19,23,32H,11-12,14-15,26H2,1-6H3,(H,27,28)/b8-7+. The number of hydrogen-bond acceptors (Lipinski definition) is 7. The number of ether oxygens (including phenoxy) is 2. The van der Waals surface area contributed by atoms with E-state index in [1.165, 1.54) is 7.11 Å². The highest BCUT2D eigenvalue weighted by molar-refractivity contribution is 7.98. The predicted octanol–water partition coefficient (Wildman–Crippen LogP) is 4.30. The van der Waals surface area contributed by atoms with E-state index in [-0.39, 0.29) is 23.8 Å². The number of carbonyl (C=O) groups is 2. The van der Waals surface area contributed by atoms with Crippen molar-refractivity contribution in [1.82, 2.24) is 5.32 Å². The third kappa shape index (κ3) is 10.0. The maximum absolute atomic E-state index is 13.2. The van der Waals surface area contributed by atoms with Crippen LogP contribution in [-0.4, -0.2) is 55.4 Å². The van der Waals surface area contributed by atoms with Crippen molar-refractivity contribution in [1.29, 1.82) is 0 Å². The van der Waals surface area contributed by atoms with Crippen LogP contribution in [0.25, 0.3) is 0 Å². The van der Waals surface area contributed by atoms with Crippen molar-refractivity contribution in [2.75, 3.05) is 31.5 Å². The van der Waals surface area contributed by atoms with Gasteiger partial charge in [-0.1, -0.05) is 45.9 Å². The molecule has 0 fully saturated rings. The largest absolute Gasteiger partial charge is 0.493 e. The Morgan fingerprint density at radius 3 is 2.45 bits per heavy atom. The lowest BCUT2D eigenvalue weighted by Crippen LogP contribution is -2.42. The second-order valence-electron chi connectivity index (χ2n) is 8.68. The van der Waals surface area contributed by atoms with Crippen LogP contribution in [0.1, 0.15) is 56.0 Å². The molecule has 0 aliphatic rings. The van der Waals surface area contributed by atoms with E-state index in [1.54, 1.807) is 17.8 Å². The van der Waals surface area contributed by atoms with Crippen LogP contribution < -0.4 is 15.8 Å². The average molecular weight is 497 g/mol. The number of benzene rings is 1. The summed E-state index contributed by atoms with van der Waals surface area (Å²) in [5, 5.41) is 2.85. The number of thioether (sulfide) groups is 1. The lowest BCUT2D eigenvalue weighted by atomic mass is 9.95. The van der Waals surface area contributed by atoms with Crippen LogP contribution in [0.15, 0.2) is 30.4 Å². The topological polar surface area (TPSA) is 90.6 Å². The van der Waals surface area contributed by atoms with Gasteiger partial charge in [-0.3, -0.25) is 4.79 Å². The Morgan fingerprint density at radius 1 is 1.21 bits per heavy atom. The molecule has 0 aliphatic carbocycles. The average Bonchev–Trinajstić information content (AvgIpc) is 2.80. The number of thiol groups is 1. The fourth-order valence-corrected chi connectivity index (χ4v) is 3.79. The van der Waals surface area contributed by atoms with Gasteiger partial charge in [0, 0.05) is 23.3 Å². The van der Waals surface area contributed by atoms with Crippen LogP contribution in [0.3, 0.4) is 0 Å². The second-order valence-corrected chi connectivity index (χ2v) is 10.0. The Hall–Kier alpha value is -1.64. The lowest BCUT2D eigenvalue weighted by molar-refractivity contribution is -0.142. The molecule has 0 heterocycles. The molecule has 0 saturated heterocycles. The molecule has 0 saturated carbocycles. The van der Waals surface area contributed by atoms with E-state index in [4.69, 9.17) is 15.2 Å². The van der Waals surface area contributed by atoms with Crippen molar-refractivity contribution < 1.29 is 19.1 Å². The zero-order chi connectivity index (χ0) is 25.0. The summed E-state index contributed by atoms with van der Waals surface area (Å²) < 4.78 is 10.9. The van der Waals surface area contributed by atoms with Crippen molar-refractivity contribution in [2.24, 2.45) is 17.6 Å². The van der Waals surface area contributed by atoms with Gasteiger partial charge in [-0.15, -0.1) is 0 Å². The molecule has 1 aromatic carbocycles. The van der Waals surface area contributed by atoms with Gasteiger partial charge >= 0.3 is 5.97 Å². The molecule has 1 aromatic rings. The number of rotatable bonds is 14. The van der Waals surface area contributed by atoms with Gasteiger partial charge < -0.3 is 20.5 Å². The van der Waals surface area contributed by atoms with Gasteiger partial charge in [0.1, 0.15) is 11.8 Å². The van der Waals surface area contributed by atoms with Crippen molar-refractivity contribution in [3.8, 4) is 5.75 Å². The summed E-state index contributed by atoms with van der Waals surface area (Å²) in [6.45, 7) is 8.79. The predicted molar refractivity (Wildman–Crippen MR) is 142 cm³/mol. The molecule has 3 N–H and O–H groups in total. The third-order valence-corrected chi connectivity index (χ3v) is 6.47. The van der Waals surface area contributed by atoms with Gasteiger partial charge in [0.05, 0.1) is 13.7 Å². The molecular weight excluding hydrogens is 456 g/mol. The molecule has 33 heavy (non-hydrogen) atoms. The van der Waals surface area contributed by atoms with Gasteiger partial charge in [0.2, 0.25) is 0 Å². The molecule has 0 aromatic heterocycles. The summed E-state index contributed by atoms with van der Waals surface area (Å²) in [6.07, 6.45) is 6.50. The quantitative estimate of drug-likeness (QED) is 0.202. The van der Waals surface area contributed by atoms with Crippen LogP contribution in [0.4, 0.5) is 0 Å². The van der Waals surface area contributed by atoms with E-state index in [2.05, 4.69) is 37.9 Å².